The molecule has 1 aromatic heterocycles. The quantitative estimate of drug-likeness (QED) is 0.786. The van der Waals surface area contributed by atoms with Gasteiger partial charge in [-0.05, 0) is 25.7 Å². The fourth-order valence-corrected chi connectivity index (χ4v) is 1.74. The minimum atomic E-state index is -4.45. The smallest absolute Gasteiger partial charge is 0.433 e. The molecule has 88 valence electrons. The zero-order valence-corrected chi connectivity index (χ0v) is 8.50. The first-order valence-corrected chi connectivity index (χ1v) is 5.11. The van der Waals surface area contributed by atoms with Crippen LogP contribution in [0.4, 0.5) is 13.2 Å². The van der Waals surface area contributed by atoms with Gasteiger partial charge in [-0.2, -0.15) is 13.2 Å². The van der Waals surface area contributed by atoms with E-state index in [0.29, 0.717) is 0 Å². The molecule has 1 heterocycles. The number of halogens is 3. The molecule has 16 heavy (non-hydrogen) atoms. The van der Waals surface area contributed by atoms with Gasteiger partial charge in [-0.1, -0.05) is 0 Å². The van der Waals surface area contributed by atoms with E-state index in [0.717, 1.165) is 38.1 Å². The summed E-state index contributed by atoms with van der Waals surface area (Å²) in [5, 5.41) is 0. The molecule has 0 radical (unpaired) electrons. The van der Waals surface area contributed by atoms with Gasteiger partial charge in [-0.15, -0.1) is 0 Å². The number of nitrogens with zero attached hydrogens (tertiary/aromatic N) is 2. The Labute approximate surface area is 90.7 Å². The third-order valence-electron chi connectivity index (χ3n) is 2.52. The van der Waals surface area contributed by atoms with Gasteiger partial charge in [0.25, 0.3) is 0 Å². The molecular weight excluding hydrogens is 221 g/mol. The highest BCUT2D eigenvalue weighted by atomic mass is 19.4. The van der Waals surface area contributed by atoms with Crippen LogP contribution in [0.3, 0.4) is 0 Å². The van der Waals surface area contributed by atoms with E-state index in [1.54, 1.807) is 0 Å². The molecule has 0 atom stereocenters. The summed E-state index contributed by atoms with van der Waals surface area (Å²) >= 11 is 0. The lowest BCUT2D eigenvalue weighted by Crippen LogP contribution is -2.14. The highest BCUT2D eigenvalue weighted by Crippen LogP contribution is 2.29. The lowest BCUT2D eigenvalue weighted by Gasteiger charge is -2.12. The van der Waals surface area contributed by atoms with Gasteiger partial charge < -0.3 is 4.74 Å². The van der Waals surface area contributed by atoms with Gasteiger partial charge >= 0.3 is 6.18 Å². The summed E-state index contributed by atoms with van der Waals surface area (Å²) in [5.41, 5.74) is -0.963. The first-order valence-electron chi connectivity index (χ1n) is 5.11. The van der Waals surface area contributed by atoms with E-state index in [9.17, 15) is 13.2 Å². The maximum absolute atomic E-state index is 12.3. The Balaban J connectivity index is 2.09. The molecule has 0 unspecified atom stereocenters. The Hall–Kier alpha value is -1.33. The first-order chi connectivity index (χ1) is 7.55. The van der Waals surface area contributed by atoms with Crippen LogP contribution in [0, 0.1) is 0 Å². The van der Waals surface area contributed by atoms with Gasteiger partial charge in [0.05, 0.1) is 0 Å². The SMILES string of the molecule is FC(F)(F)c1cc(OC2CCCC2)ncn1. The topological polar surface area (TPSA) is 35.0 Å². The zero-order valence-electron chi connectivity index (χ0n) is 8.50. The Morgan fingerprint density at radius 1 is 1.19 bits per heavy atom. The van der Waals surface area contributed by atoms with E-state index in [1.807, 2.05) is 0 Å². The van der Waals surface area contributed by atoms with Crippen LogP contribution in [0.2, 0.25) is 0 Å². The molecule has 0 bridgehead atoms. The number of hydrogen-bond acceptors (Lipinski definition) is 3. The van der Waals surface area contributed by atoms with E-state index in [-0.39, 0.29) is 12.0 Å². The van der Waals surface area contributed by atoms with Crippen molar-refractivity contribution in [3.05, 3.63) is 18.1 Å². The van der Waals surface area contributed by atoms with E-state index in [2.05, 4.69) is 9.97 Å². The van der Waals surface area contributed by atoms with Gasteiger partial charge in [0, 0.05) is 6.07 Å². The highest BCUT2D eigenvalue weighted by molar-refractivity contribution is 5.16. The number of rotatable bonds is 2. The third-order valence-corrected chi connectivity index (χ3v) is 2.52. The molecule has 0 amide bonds. The van der Waals surface area contributed by atoms with Crippen LogP contribution >= 0.6 is 0 Å². The van der Waals surface area contributed by atoms with Crippen LogP contribution in [0.1, 0.15) is 31.4 Å². The van der Waals surface area contributed by atoms with Crippen LogP contribution in [-0.2, 0) is 6.18 Å². The summed E-state index contributed by atoms with van der Waals surface area (Å²) in [6.07, 6.45) is 0.306. The Morgan fingerprint density at radius 2 is 1.88 bits per heavy atom. The molecule has 2 rings (SSSR count). The van der Waals surface area contributed by atoms with Crippen molar-refractivity contribution in [2.45, 2.75) is 38.0 Å². The summed E-state index contributed by atoms with van der Waals surface area (Å²) in [6.45, 7) is 0. The zero-order chi connectivity index (χ0) is 11.6. The summed E-state index contributed by atoms with van der Waals surface area (Å²) in [5.74, 6) is 0.00854. The van der Waals surface area contributed by atoms with Gasteiger partial charge in [-0.25, -0.2) is 9.97 Å². The van der Waals surface area contributed by atoms with Crippen LogP contribution in [0.15, 0.2) is 12.4 Å². The van der Waals surface area contributed by atoms with Gasteiger partial charge in [-0.3, -0.25) is 0 Å². The summed E-state index contributed by atoms with van der Waals surface area (Å²) in [7, 11) is 0. The maximum atomic E-state index is 12.3. The second kappa shape index (κ2) is 4.27. The van der Waals surface area contributed by atoms with Crippen molar-refractivity contribution in [2.24, 2.45) is 0 Å². The fraction of sp³-hybridized carbons (Fsp3) is 0.600. The van der Waals surface area contributed by atoms with Crippen molar-refractivity contribution in [3.8, 4) is 5.88 Å². The minimum Gasteiger partial charge on any atom is -0.474 e. The average Bonchev–Trinajstić information content (AvgIpc) is 2.70. The lowest BCUT2D eigenvalue weighted by atomic mass is 10.3. The van der Waals surface area contributed by atoms with Crippen molar-refractivity contribution < 1.29 is 17.9 Å². The molecule has 6 heteroatoms. The van der Waals surface area contributed by atoms with E-state index < -0.39 is 11.9 Å². The van der Waals surface area contributed by atoms with Crippen molar-refractivity contribution >= 4 is 0 Å². The summed E-state index contributed by atoms with van der Waals surface area (Å²) < 4.78 is 42.4. The molecule has 0 N–H and O–H groups in total. The minimum absolute atomic E-state index is 0.00372. The van der Waals surface area contributed by atoms with Gasteiger partial charge in [0.15, 0.2) is 5.69 Å². The van der Waals surface area contributed by atoms with Crippen molar-refractivity contribution in [3.63, 3.8) is 0 Å². The highest BCUT2D eigenvalue weighted by Gasteiger charge is 2.33. The van der Waals surface area contributed by atoms with Crippen molar-refractivity contribution in [1.29, 1.82) is 0 Å². The molecule has 0 spiro atoms. The molecule has 3 nitrogen and oxygen atoms in total. The normalized spacial score (nSPS) is 17.7. The molecular formula is C10H11F3N2O. The van der Waals surface area contributed by atoms with Crippen LogP contribution in [-0.4, -0.2) is 16.1 Å². The number of alkyl halides is 3. The van der Waals surface area contributed by atoms with Gasteiger partial charge in [0.2, 0.25) is 5.88 Å². The predicted octanol–water partition coefficient (Wildman–Crippen LogP) is 2.82. The van der Waals surface area contributed by atoms with Crippen LogP contribution in [0.5, 0.6) is 5.88 Å². The molecule has 1 aromatic rings. The largest absolute Gasteiger partial charge is 0.474 e. The number of aromatic nitrogens is 2. The van der Waals surface area contributed by atoms with E-state index >= 15 is 0 Å². The maximum Gasteiger partial charge on any atom is 0.433 e. The standard InChI is InChI=1S/C10H11F3N2O/c11-10(12,13)8-5-9(15-6-14-8)16-7-3-1-2-4-7/h5-7H,1-4H2. The van der Waals surface area contributed by atoms with E-state index in [1.165, 1.54) is 0 Å². The van der Waals surface area contributed by atoms with Crippen molar-refractivity contribution in [1.82, 2.24) is 9.97 Å². The fourth-order valence-electron chi connectivity index (χ4n) is 1.74. The number of ether oxygens (including phenoxy) is 1. The van der Waals surface area contributed by atoms with Crippen molar-refractivity contribution in [2.75, 3.05) is 0 Å². The molecule has 0 aromatic carbocycles. The number of hydrogen-bond donors (Lipinski definition) is 0. The van der Waals surface area contributed by atoms with Crippen LogP contribution in [0.25, 0.3) is 0 Å². The Kier molecular flexibility index (Phi) is 2.98. The Bertz CT molecular complexity index is 361. The van der Waals surface area contributed by atoms with Gasteiger partial charge in [0.1, 0.15) is 12.4 Å². The molecule has 0 saturated heterocycles. The monoisotopic (exact) mass is 232 g/mol. The molecule has 1 aliphatic rings. The van der Waals surface area contributed by atoms with E-state index in [4.69, 9.17) is 4.74 Å². The Morgan fingerprint density at radius 3 is 2.50 bits per heavy atom. The lowest BCUT2D eigenvalue weighted by molar-refractivity contribution is -0.141. The summed E-state index contributed by atoms with van der Waals surface area (Å²) in [4.78, 5) is 6.85. The molecule has 1 saturated carbocycles. The summed E-state index contributed by atoms with van der Waals surface area (Å²) in [6, 6.07) is 0.846. The van der Waals surface area contributed by atoms with Crippen LogP contribution < -0.4 is 4.74 Å². The molecule has 0 aliphatic heterocycles. The third kappa shape index (κ3) is 2.62. The second-order valence-corrected chi connectivity index (χ2v) is 3.76. The average molecular weight is 232 g/mol. The first kappa shape index (κ1) is 11.2. The predicted molar refractivity (Wildman–Crippen MR) is 49.9 cm³/mol. The molecule has 1 aliphatic carbocycles. The molecule has 1 fully saturated rings. The second-order valence-electron chi connectivity index (χ2n) is 3.76.